The van der Waals surface area contributed by atoms with Gasteiger partial charge in [-0.3, -0.25) is 0 Å². The SMILES string of the molecule is NCC(O)C(O)C(O)C(O)C1(O)OS(=O)(=O)O1. The van der Waals surface area contributed by atoms with E-state index < -0.39 is 47.3 Å². The summed E-state index contributed by atoms with van der Waals surface area (Å²) in [6.07, 6.45) is -7.95. The first kappa shape index (κ1) is 14.7. The van der Waals surface area contributed by atoms with Crippen LogP contribution in [0.5, 0.6) is 0 Å². The van der Waals surface area contributed by atoms with Crippen LogP contribution in [-0.2, 0) is 18.8 Å². The van der Waals surface area contributed by atoms with E-state index in [1.165, 1.54) is 0 Å². The van der Waals surface area contributed by atoms with Gasteiger partial charge in [0.2, 0.25) is 0 Å². The van der Waals surface area contributed by atoms with Gasteiger partial charge in [-0.1, -0.05) is 0 Å². The van der Waals surface area contributed by atoms with Crippen LogP contribution in [-0.4, -0.2) is 70.9 Å². The highest BCUT2D eigenvalue weighted by Crippen LogP contribution is 2.33. The topological polar surface area (TPSA) is 180 Å². The van der Waals surface area contributed by atoms with E-state index in [2.05, 4.69) is 8.37 Å². The number of rotatable bonds is 5. The Hall–Kier alpha value is -0.370. The van der Waals surface area contributed by atoms with Gasteiger partial charge in [-0.2, -0.15) is 16.8 Å². The highest BCUT2D eigenvalue weighted by atomic mass is 32.3. The minimum Gasteiger partial charge on any atom is -0.389 e. The Bertz CT molecular complexity index is 358. The molecule has 0 radical (unpaired) electrons. The first-order valence-corrected chi connectivity index (χ1v) is 5.77. The van der Waals surface area contributed by atoms with Crippen molar-refractivity contribution >= 4 is 10.4 Å². The highest BCUT2D eigenvalue weighted by molar-refractivity contribution is 7.82. The second kappa shape index (κ2) is 4.72. The molecule has 4 unspecified atom stereocenters. The zero-order valence-corrected chi connectivity index (χ0v) is 9.19. The third-order valence-corrected chi connectivity index (χ3v) is 3.01. The largest absolute Gasteiger partial charge is 0.409 e. The second-order valence-electron chi connectivity index (χ2n) is 3.43. The second-order valence-corrected chi connectivity index (χ2v) is 4.58. The average Bonchev–Trinajstić information content (AvgIpc) is 2.21. The first-order valence-electron chi connectivity index (χ1n) is 4.44. The molecule has 1 saturated heterocycles. The van der Waals surface area contributed by atoms with Crippen molar-refractivity contribution in [3.63, 3.8) is 0 Å². The van der Waals surface area contributed by atoms with Crippen LogP contribution in [0.15, 0.2) is 0 Å². The lowest BCUT2D eigenvalue weighted by atomic mass is 10.0. The lowest BCUT2D eigenvalue weighted by Crippen LogP contribution is -2.64. The number of hydrogen-bond donors (Lipinski definition) is 6. The number of aliphatic hydroxyl groups is 5. The zero-order chi connectivity index (χ0) is 13.4. The maximum atomic E-state index is 10.5. The van der Waals surface area contributed by atoms with Crippen LogP contribution < -0.4 is 5.73 Å². The molecule has 17 heavy (non-hydrogen) atoms. The third-order valence-electron chi connectivity index (χ3n) is 2.13. The lowest BCUT2D eigenvalue weighted by molar-refractivity contribution is -0.381. The summed E-state index contributed by atoms with van der Waals surface area (Å²) in [5.41, 5.74) is 4.99. The third kappa shape index (κ3) is 2.90. The molecule has 10 nitrogen and oxygen atoms in total. The molecule has 1 aliphatic rings. The van der Waals surface area contributed by atoms with E-state index in [4.69, 9.17) is 10.8 Å². The Kier molecular flexibility index (Phi) is 4.08. The van der Waals surface area contributed by atoms with Crippen LogP contribution in [0, 0.1) is 0 Å². The van der Waals surface area contributed by atoms with Crippen molar-refractivity contribution in [3.8, 4) is 0 Å². The van der Waals surface area contributed by atoms with Crippen LogP contribution in [0.25, 0.3) is 0 Å². The van der Waals surface area contributed by atoms with Crippen molar-refractivity contribution in [1.82, 2.24) is 0 Å². The molecular weight excluding hydrogens is 262 g/mol. The molecule has 0 spiro atoms. The Morgan fingerprint density at radius 3 is 1.94 bits per heavy atom. The molecule has 7 N–H and O–H groups in total. The summed E-state index contributed by atoms with van der Waals surface area (Å²) in [7, 11) is -4.41. The van der Waals surface area contributed by atoms with Crippen LogP contribution in [0.4, 0.5) is 0 Å². The molecule has 1 rings (SSSR count). The van der Waals surface area contributed by atoms with Crippen LogP contribution >= 0.6 is 0 Å². The molecule has 0 bridgehead atoms. The van der Waals surface area contributed by atoms with Crippen molar-refractivity contribution < 1.29 is 42.3 Å². The van der Waals surface area contributed by atoms with Gasteiger partial charge >= 0.3 is 16.4 Å². The summed E-state index contributed by atoms with van der Waals surface area (Å²) in [4.78, 5) is 0. The number of hydrogen-bond acceptors (Lipinski definition) is 10. The Morgan fingerprint density at radius 1 is 1.12 bits per heavy atom. The maximum absolute atomic E-state index is 10.5. The normalized spacial score (nSPS) is 28.8. The van der Waals surface area contributed by atoms with Crippen molar-refractivity contribution in [1.29, 1.82) is 0 Å². The molecule has 11 heteroatoms. The summed E-state index contributed by atoms with van der Waals surface area (Å²) in [6.45, 7) is -0.427. The maximum Gasteiger partial charge on any atom is 0.409 e. The quantitative estimate of drug-likeness (QED) is 0.285. The van der Waals surface area contributed by atoms with Gasteiger partial charge in [0.1, 0.15) is 12.2 Å². The number of nitrogens with two attached hydrogens (primary N) is 1. The summed E-state index contributed by atoms with van der Waals surface area (Å²) in [6, 6.07) is 0. The van der Waals surface area contributed by atoms with Crippen LogP contribution in [0.1, 0.15) is 0 Å². The smallest absolute Gasteiger partial charge is 0.389 e. The van der Waals surface area contributed by atoms with E-state index in [1.54, 1.807) is 0 Å². The van der Waals surface area contributed by atoms with E-state index in [1.807, 2.05) is 0 Å². The Morgan fingerprint density at radius 2 is 1.59 bits per heavy atom. The molecule has 0 aromatic rings. The van der Waals surface area contributed by atoms with Crippen molar-refractivity contribution in [2.45, 2.75) is 30.4 Å². The summed E-state index contributed by atoms with van der Waals surface area (Å²) in [5.74, 6) is -2.99. The predicted molar refractivity (Wildman–Crippen MR) is 49.1 cm³/mol. The van der Waals surface area contributed by atoms with Gasteiger partial charge in [-0.05, 0) is 0 Å². The molecule has 0 aliphatic carbocycles. The van der Waals surface area contributed by atoms with Crippen molar-refractivity contribution in [2.24, 2.45) is 5.73 Å². The molecule has 0 aromatic carbocycles. The van der Waals surface area contributed by atoms with E-state index in [0.717, 1.165) is 0 Å². The highest BCUT2D eigenvalue weighted by Gasteiger charge is 2.60. The van der Waals surface area contributed by atoms with Gasteiger partial charge in [0.05, 0.1) is 6.10 Å². The van der Waals surface area contributed by atoms with Crippen molar-refractivity contribution in [2.75, 3.05) is 6.54 Å². The average molecular weight is 275 g/mol. The van der Waals surface area contributed by atoms with E-state index in [0.29, 0.717) is 0 Å². The van der Waals surface area contributed by atoms with Crippen LogP contribution in [0.3, 0.4) is 0 Å². The van der Waals surface area contributed by atoms with Gasteiger partial charge in [0.25, 0.3) is 0 Å². The van der Waals surface area contributed by atoms with Gasteiger partial charge in [0.15, 0.2) is 6.10 Å². The van der Waals surface area contributed by atoms with E-state index in [9.17, 15) is 28.8 Å². The minimum atomic E-state index is -4.41. The minimum absolute atomic E-state index is 0.427. The van der Waals surface area contributed by atoms with Crippen molar-refractivity contribution in [3.05, 3.63) is 0 Å². The summed E-state index contributed by atoms with van der Waals surface area (Å²) in [5, 5.41) is 46.2. The van der Waals surface area contributed by atoms with E-state index >= 15 is 0 Å². The predicted octanol–water partition coefficient (Wildman–Crippen LogP) is -4.67. The standard InChI is InChI=1S/C6H13NO9S/c7-1-2(8)3(9)4(10)5(11)6(12)15-17(13,14)16-6/h2-5,8-12H,1,7H2. The monoisotopic (exact) mass is 275 g/mol. The van der Waals surface area contributed by atoms with Gasteiger partial charge in [-0.25, -0.2) is 0 Å². The molecular formula is C6H13NO9S. The summed E-state index contributed by atoms with van der Waals surface area (Å²) >= 11 is 0. The van der Waals surface area contributed by atoms with E-state index in [-0.39, 0.29) is 0 Å². The fraction of sp³-hybridized carbons (Fsp3) is 1.00. The molecule has 1 aliphatic heterocycles. The Labute approximate surface area is 96.1 Å². The lowest BCUT2D eigenvalue weighted by Gasteiger charge is -2.39. The molecule has 1 fully saturated rings. The fourth-order valence-electron chi connectivity index (χ4n) is 1.17. The van der Waals surface area contributed by atoms with Crippen LogP contribution in [0.2, 0.25) is 0 Å². The molecule has 0 amide bonds. The molecule has 1 heterocycles. The summed E-state index contributed by atoms with van der Waals surface area (Å²) < 4.78 is 28.6. The molecule has 0 saturated carbocycles. The van der Waals surface area contributed by atoms with Gasteiger partial charge in [-0.15, -0.1) is 0 Å². The van der Waals surface area contributed by atoms with Gasteiger partial charge < -0.3 is 31.3 Å². The number of aliphatic hydroxyl groups excluding tert-OH is 4. The molecule has 102 valence electrons. The zero-order valence-electron chi connectivity index (χ0n) is 8.37. The molecule has 0 aromatic heterocycles. The Balaban J connectivity index is 2.68. The molecule has 4 atom stereocenters. The fourth-order valence-corrected chi connectivity index (χ4v) is 1.96. The van der Waals surface area contributed by atoms with Gasteiger partial charge in [0, 0.05) is 6.54 Å². The first-order chi connectivity index (χ1) is 7.63.